The van der Waals surface area contributed by atoms with Crippen LogP contribution in [0, 0.1) is 0 Å². The van der Waals surface area contributed by atoms with Crippen molar-refractivity contribution in [1.82, 2.24) is 4.98 Å². The molecule has 0 unspecified atom stereocenters. The third-order valence-electron chi connectivity index (χ3n) is 3.23. The molecular weight excluding hydrogens is 248 g/mol. The van der Waals surface area contributed by atoms with Crippen LogP contribution in [0.1, 0.15) is 5.56 Å². The molecule has 0 atom stereocenters. The van der Waals surface area contributed by atoms with Crippen LogP contribution in [0.4, 0.5) is 11.5 Å². The molecule has 1 aromatic heterocycles. The first kappa shape index (κ1) is 12.6. The second kappa shape index (κ2) is 5.72. The van der Waals surface area contributed by atoms with Gasteiger partial charge < -0.3 is 10.4 Å². The van der Waals surface area contributed by atoms with E-state index in [-0.39, 0.29) is 6.61 Å². The number of benzene rings is 2. The standard InChI is InChI=1S/C17H16N2O/c20-12-11-13-5-8-15(9-6-13)18-17-10-7-14-3-1-2-4-16(14)19-17/h1-10,20H,11-12H2,(H,18,19). The zero-order chi connectivity index (χ0) is 13.8. The van der Waals surface area contributed by atoms with Crippen LogP contribution in [0.25, 0.3) is 10.9 Å². The van der Waals surface area contributed by atoms with Crippen LogP contribution in [0.15, 0.2) is 60.7 Å². The SMILES string of the molecule is OCCc1ccc(Nc2ccc3ccccc3n2)cc1. The molecule has 3 nitrogen and oxygen atoms in total. The van der Waals surface area contributed by atoms with Gasteiger partial charge in [0.15, 0.2) is 0 Å². The smallest absolute Gasteiger partial charge is 0.131 e. The van der Waals surface area contributed by atoms with Gasteiger partial charge in [-0.05, 0) is 42.3 Å². The predicted octanol–water partition coefficient (Wildman–Crippen LogP) is 3.51. The summed E-state index contributed by atoms with van der Waals surface area (Å²) in [6, 6.07) is 20.1. The molecule has 20 heavy (non-hydrogen) atoms. The maximum atomic E-state index is 8.90. The summed E-state index contributed by atoms with van der Waals surface area (Å²) in [6.07, 6.45) is 0.689. The number of fused-ring (bicyclic) bond motifs is 1. The van der Waals surface area contributed by atoms with E-state index in [1.54, 1.807) is 0 Å². The highest BCUT2D eigenvalue weighted by Crippen LogP contribution is 2.19. The first-order chi connectivity index (χ1) is 9.85. The zero-order valence-corrected chi connectivity index (χ0v) is 11.1. The monoisotopic (exact) mass is 264 g/mol. The molecule has 2 N–H and O–H groups in total. The Bertz CT molecular complexity index is 708. The largest absolute Gasteiger partial charge is 0.396 e. The molecule has 0 bridgehead atoms. The summed E-state index contributed by atoms with van der Waals surface area (Å²) >= 11 is 0. The lowest BCUT2D eigenvalue weighted by Crippen LogP contribution is -1.95. The summed E-state index contributed by atoms with van der Waals surface area (Å²) in [5.74, 6) is 0.832. The fraction of sp³-hybridized carbons (Fsp3) is 0.118. The molecule has 0 saturated carbocycles. The van der Waals surface area contributed by atoms with Crippen LogP contribution in [0.3, 0.4) is 0 Å². The van der Waals surface area contributed by atoms with Crippen LogP contribution < -0.4 is 5.32 Å². The first-order valence-electron chi connectivity index (χ1n) is 6.68. The van der Waals surface area contributed by atoms with Gasteiger partial charge in [-0.15, -0.1) is 0 Å². The highest BCUT2D eigenvalue weighted by Gasteiger charge is 1.99. The van der Waals surface area contributed by atoms with E-state index in [0.29, 0.717) is 6.42 Å². The van der Waals surface area contributed by atoms with Gasteiger partial charge in [-0.2, -0.15) is 0 Å². The number of anilines is 2. The fourth-order valence-electron chi connectivity index (χ4n) is 2.17. The predicted molar refractivity (Wildman–Crippen MR) is 82.3 cm³/mol. The van der Waals surface area contributed by atoms with Gasteiger partial charge in [-0.3, -0.25) is 0 Å². The van der Waals surface area contributed by atoms with E-state index in [4.69, 9.17) is 5.11 Å². The molecule has 0 fully saturated rings. The lowest BCUT2D eigenvalue weighted by molar-refractivity contribution is 0.299. The van der Waals surface area contributed by atoms with E-state index >= 15 is 0 Å². The summed E-state index contributed by atoms with van der Waals surface area (Å²) in [5.41, 5.74) is 3.10. The Kier molecular flexibility index (Phi) is 3.61. The van der Waals surface area contributed by atoms with Gasteiger partial charge in [-0.1, -0.05) is 30.3 Å². The fourth-order valence-corrected chi connectivity index (χ4v) is 2.17. The van der Waals surface area contributed by atoms with Crippen molar-refractivity contribution in [3.63, 3.8) is 0 Å². The quantitative estimate of drug-likeness (QED) is 0.758. The third kappa shape index (κ3) is 2.78. The minimum Gasteiger partial charge on any atom is -0.396 e. The maximum Gasteiger partial charge on any atom is 0.131 e. The normalized spacial score (nSPS) is 10.7. The van der Waals surface area contributed by atoms with Gasteiger partial charge in [-0.25, -0.2) is 4.98 Å². The average molecular weight is 264 g/mol. The molecule has 2 aromatic carbocycles. The number of aliphatic hydroxyl groups is 1. The number of nitrogens with zero attached hydrogens (tertiary/aromatic N) is 1. The van der Waals surface area contributed by atoms with Crippen molar-refractivity contribution >= 4 is 22.4 Å². The van der Waals surface area contributed by atoms with Gasteiger partial charge in [0.2, 0.25) is 0 Å². The highest BCUT2D eigenvalue weighted by atomic mass is 16.2. The van der Waals surface area contributed by atoms with E-state index in [1.165, 1.54) is 0 Å². The van der Waals surface area contributed by atoms with Crippen LogP contribution in [-0.4, -0.2) is 16.7 Å². The Morgan fingerprint density at radius 2 is 1.70 bits per heavy atom. The maximum absolute atomic E-state index is 8.90. The van der Waals surface area contributed by atoms with E-state index in [9.17, 15) is 0 Å². The molecule has 0 spiro atoms. The lowest BCUT2D eigenvalue weighted by atomic mass is 10.1. The molecule has 0 aliphatic heterocycles. The van der Waals surface area contributed by atoms with Crippen LogP contribution in [0.5, 0.6) is 0 Å². The Labute approximate surface area is 117 Å². The van der Waals surface area contributed by atoms with Crippen molar-refractivity contribution in [2.45, 2.75) is 6.42 Å². The van der Waals surface area contributed by atoms with Crippen LogP contribution in [0.2, 0.25) is 0 Å². The number of hydrogen-bond donors (Lipinski definition) is 2. The second-order valence-corrected chi connectivity index (χ2v) is 4.68. The molecule has 3 rings (SSSR count). The Morgan fingerprint density at radius 1 is 0.900 bits per heavy atom. The molecular formula is C17H16N2O. The van der Waals surface area contributed by atoms with Crippen molar-refractivity contribution in [2.24, 2.45) is 0 Å². The van der Waals surface area contributed by atoms with Crippen molar-refractivity contribution in [3.8, 4) is 0 Å². The molecule has 0 aliphatic carbocycles. The van der Waals surface area contributed by atoms with Crippen molar-refractivity contribution < 1.29 is 5.11 Å². The zero-order valence-electron chi connectivity index (χ0n) is 11.1. The molecule has 3 aromatic rings. The number of para-hydroxylation sites is 1. The molecule has 3 heteroatoms. The van der Waals surface area contributed by atoms with Crippen LogP contribution in [-0.2, 0) is 6.42 Å². The number of aromatic nitrogens is 1. The van der Waals surface area contributed by atoms with E-state index in [1.807, 2.05) is 48.5 Å². The Hall–Kier alpha value is -2.39. The van der Waals surface area contributed by atoms with Crippen molar-refractivity contribution in [3.05, 3.63) is 66.2 Å². The van der Waals surface area contributed by atoms with Crippen molar-refractivity contribution in [2.75, 3.05) is 11.9 Å². The van der Waals surface area contributed by atoms with Gasteiger partial charge in [0.1, 0.15) is 5.82 Å². The van der Waals surface area contributed by atoms with Gasteiger partial charge in [0.05, 0.1) is 5.52 Å². The average Bonchev–Trinajstić information content (AvgIpc) is 2.49. The van der Waals surface area contributed by atoms with Crippen molar-refractivity contribution in [1.29, 1.82) is 0 Å². The summed E-state index contributed by atoms with van der Waals surface area (Å²) in [6.45, 7) is 0.180. The minimum absolute atomic E-state index is 0.180. The number of nitrogens with one attached hydrogen (secondary N) is 1. The number of pyridine rings is 1. The molecule has 0 amide bonds. The van der Waals surface area contributed by atoms with Crippen LogP contribution >= 0.6 is 0 Å². The molecule has 0 radical (unpaired) electrons. The summed E-state index contributed by atoms with van der Waals surface area (Å²) in [7, 11) is 0. The number of hydrogen-bond acceptors (Lipinski definition) is 3. The Morgan fingerprint density at radius 3 is 2.50 bits per heavy atom. The summed E-state index contributed by atoms with van der Waals surface area (Å²) < 4.78 is 0. The summed E-state index contributed by atoms with van der Waals surface area (Å²) in [5, 5.41) is 13.3. The number of aliphatic hydroxyl groups excluding tert-OH is 1. The summed E-state index contributed by atoms with van der Waals surface area (Å²) in [4.78, 5) is 4.58. The molecule has 1 heterocycles. The van der Waals surface area contributed by atoms with E-state index < -0.39 is 0 Å². The molecule has 0 saturated heterocycles. The van der Waals surface area contributed by atoms with Gasteiger partial charge in [0, 0.05) is 17.7 Å². The first-order valence-corrected chi connectivity index (χ1v) is 6.68. The topological polar surface area (TPSA) is 45.1 Å². The molecule has 100 valence electrons. The van der Waals surface area contributed by atoms with E-state index in [0.717, 1.165) is 28.0 Å². The minimum atomic E-state index is 0.180. The highest BCUT2D eigenvalue weighted by molar-refractivity contribution is 5.80. The second-order valence-electron chi connectivity index (χ2n) is 4.68. The molecule has 0 aliphatic rings. The number of rotatable bonds is 4. The van der Waals surface area contributed by atoms with E-state index in [2.05, 4.69) is 22.4 Å². The third-order valence-corrected chi connectivity index (χ3v) is 3.23. The Balaban J connectivity index is 1.81. The van der Waals surface area contributed by atoms with Gasteiger partial charge >= 0.3 is 0 Å². The van der Waals surface area contributed by atoms with Gasteiger partial charge in [0.25, 0.3) is 0 Å². The lowest BCUT2D eigenvalue weighted by Gasteiger charge is -2.07.